The average Bonchev–Trinajstić information content (AvgIpc) is 2.15. The summed E-state index contributed by atoms with van der Waals surface area (Å²) in [6.45, 7) is 0. The molecule has 8 heteroatoms. The summed E-state index contributed by atoms with van der Waals surface area (Å²) < 4.78 is 0. The number of rotatable bonds is 1. The van der Waals surface area contributed by atoms with E-state index in [1.54, 1.807) is 0 Å². The van der Waals surface area contributed by atoms with Gasteiger partial charge in [0.15, 0.2) is 0 Å². The number of hydrogen-bond donors (Lipinski definition) is 4. The lowest BCUT2D eigenvalue weighted by Gasteiger charge is -2.23. The molecular formula is C8H8N4O4. The first-order valence-corrected chi connectivity index (χ1v) is 4.43. The molecule has 1 aliphatic heterocycles. The van der Waals surface area contributed by atoms with E-state index in [0.717, 1.165) is 6.33 Å². The van der Waals surface area contributed by atoms with Crippen LogP contribution in [0.2, 0.25) is 0 Å². The maximum absolute atomic E-state index is 11.4. The van der Waals surface area contributed by atoms with Crippen molar-refractivity contribution >= 4 is 11.8 Å². The number of aromatic hydroxyl groups is 1. The van der Waals surface area contributed by atoms with Crippen LogP contribution in [0, 0.1) is 0 Å². The molecule has 0 spiro atoms. The van der Waals surface area contributed by atoms with E-state index in [1.807, 2.05) is 0 Å². The summed E-state index contributed by atoms with van der Waals surface area (Å²) in [5, 5.41) is 14.1. The molecule has 0 atom stereocenters. The number of carbonyl (C=O) groups is 2. The van der Waals surface area contributed by atoms with Gasteiger partial charge in [0.25, 0.3) is 5.56 Å². The van der Waals surface area contributed by atoms with Gasteiger partial charge in [-0.05, 0) is 0 Å². The molecule has 84 valence electrons. The predicted molar refractivity (Wildman–Crippen MR) is 50.2 cm³/mol. The van der Waals surface area contributed by atoms with E-state index in [4.69, 9.17) is 0 Å². The molecule has 0 aliphatic carbocycles. The van der Waals surface area contributed by atoms with E-state index >= 15 is 0 Å². The van der Waals surface area contributed by atoms with Crippen LogP contribution in [0.5, 0.6) is 5.88 Å². The summed E-state index contributed by atoms with van der Waals surface area (Å²) in [6.07, 6.45) is -0.325. The zero-order valence-corrected chi connectivity index (χ0v) is 7.98. The number of nitrogens with one attached hydrogen (secondary N) is 3. The summed E-state index contributed by atoms with van der Waals surface area (Å²) in [7, 11) is 0. The first kappa shape index (κ1) is 10.1. The Morgan fingerprint density at radius 1 is 1.25 bits per heavy atom. The highest BCUT2D eigenvalue weighted by molar-refractivity contribution is 5.99. The van der Waals surface area contributed by atoms with Gasteiger partial charge in [0, 0.05) is 0 Å². The number of carbonyl (C=O) groups excluding carboxylic acids is 2. The largest absolute Gasteiger partial charge is 0.493 e. The third-order valence-electron chi connectivity index (χ3n) is 2.09. The van der Waals surface area contributed by atoms with E-state index in [-0.39, 0.29) is 12.0 Å². The quantitative estimate of drug-likeness (QED) is 0.415. The van der Waals surface area contributed by atoms with Gasteiger partial charge >= 0.3 is 0 Å². The highest BCUT2D eigenvalue weighted by Crippen LogP contribution is 2.16. The van der Waals surface area contributed by atoms with Crippen LogP contribution in [-0.4, -0.2) is 26.9 Å². The Labute approximate surface area is 88.7 Å². The van der Waals surface area contributed by atoms with Gasteiger partial charge in [0.05, 0.1) is 6.33 Å². The summed E-state index contributed by atoms with van der Waals surface area (Å²) in [5.74, 6) is -1.57. The summed E-state index contributed by atoms with van der Waals surface area (Å²) in [5.41, 5.74) is -0.816. The predicted octanol–water partition coefficient (Wildman–Crippen LogP) is -1.89. The zero-order chi connectivity index (χ0) is 11.7. The lowest BCUT2D eigenvalue weighted by molar-refractivity contribution is -0.134. The molecule has 8 nitrogen and oxygen atoms in total. The first-order valence-electron chi connectivity index (χ1n) is 4.43. The molecule has 0 bridgehead atoms. The SMILES string of the molecule is O=C1CC(=O)NC(c2c(O)nc[nH]c2=O)N1. The zero-order valence-electron chi connectivity index (χ0n) is 7.98. The third-order valence-corrected chi connectivity index (χ3v) is 2.09. The number of aromatic amines is 1. The van der Waals surface area contributed by atoms with Gasteiger partial charge in [0.1, 0.15) is 18.2 Å². The molecule has 4 N–H and O–H groups in total. The third kappa shape index (κ3) is 1.72. The molecule has 2 amide bonds. The molecular weight excluding hydrogens is 216 g/mol. The Balaban J connectivity index is 2.40. The van der Waals surface area contributed by atoms with Crippen molar-refractivity contribution < 1.29 is 14.7 Å². The van der Waals surface area contributed by atoms with E-state index < -0.39 is 29.4 Å². The Bertz CT molecular complexity index is 493. The van der Waals surface area contributed by atoms with Gasteiger partial charge in [-0.15, -0.1) is 0 Å². The molecule has 0 unspecified atom stereocenters. The van der Waals surface area contributed by atoms with Crippen molar-refractivity contribution in [2.75, 3.05) is 0 Å². The van der Waals surface area contributed by atoms with Gasteiger partial charge in [-0.3, -0.25) is 14.4 Å². The van der Waals surface area contributed by atoms with Crippen molar-refractivity contribution in [2.24, 2.45) is 0 Å². The topological polar surface area (TPSA) is 124 Å². The van der Waals surface area contributed by atoms with Crippen LogP contribution in [0.4, 0.5) is 0 Å². The molecule has 2 heterocycles. The second-order valence-electron chi connectivity index (χ2n) is 3.21. The van der Waals surface area contributed by atoms with E-state index in [1.165, 1.54) is 0 Å². The first-order chi connectivity index (χ1) is 7.58. The number of amides is 2. The monoisotopic (exact) mass is 224 g/mol. The minimum atomic E-state index is -1.05. The molecule has 0 aromatic carbocycles. The van der Waals surface area contributed by atoms with Crippen molar-refractivity contribution in [1.82, 2.24) is 20.6 Å². The fourth-order valence-electron chi connectivity index (χ4n) is 1.41. The van der Waals surface area contributed by atoms with Crippen LogP contribution in [0.15, 0.2) is 11.1 Å². The highest BCUT2D eigenvalue weighted by atomic mass is 16.3. The second-order valence-corrected chi connectivity index (χ2v) is 3.21. The van der Waals surface area contributed by atoms with Crippen LogP contribution in [-0.2, 0) is 9.59 Å². The normalized spacial score (nSPS) is 16.8. The molecule has 16 heavy (non-hydrogen) atoms. The molecule has 2 rings (SSSR count). The Hall–Kier alpha value is -2.38. The van der Waals surface area contributed by atoms with Crippen LogP contribution >= 0.6 is 0 Å². The van der Waals surface area contributed by atoms with Crippen LogP contribution in [0.3, 0.4) is 0 Å². The summed E-state index contributed by atoms with van der Waals surface area (Å²) >= 11 is 0. The molecule has 1 aliphatic rings. The van der Waals surface area contributed by atoms with Crippen LogP contribution in [0.1, 0.15) is 18.2 Å². The van der Waals surface area contributed by atoms with Crippen molar-refractivity contribution in [2.45, 2.75) is 12.6 Å². The maximum Gasteiger partial charge on any atom is 0.261 e. The van der Waals surface area contributed by atoms with E-state index in [9.17, 15) is 19.5 Å². The number of hydrogen-bond acceptors (Lipinski definition) is 5. The van der Waals surface area contributed by atoms with E-state index in [2.05, 4.69) is 20.6 Å². The van der Waals surface area contributed by atoms with Crippen LogP contribution in [0.25, 0.3) is 0 Å². The van der Waals surface area contributed by atoms with Gasteiger partial charge in [-0.1, -0.05) is 0 Å². The highest BCUT2D eigenvalue weighted by Gasteiger charge is 2.28. The van der Waals surface area contributed by atoms with Crippen molar-refractivity contribution in [3.63, 3.8) is 0 Å². The number of nitrogens with zero attached hydrogens (tertiary/aromatic N) is 1. The molecule has 1 aromatic heterocycles. The van der Waals surface area contributed by atoms with Gasteiger partial charge in [0.2, 0.25) is 17.7 Å². The van der Waals surface area contributed by atoms with Crippen molar-refractivity contribution in [1.29, 1.82) is 0 Å². The van der Waals surface area contributed by atoms with Crippen molar-refractivity contribution in [3.05, 3.63) is 22.2 Å². The standard InChI is InChI=1S/C8H8N4O4/c13-3-1-4(14)12-6(11-3)5-7(15)9-2-10-8(5)16/h2,6H,1H2,(H,11,13)(H,12,14)(H2,9,10,15,16). The molecule has 0 radical (unpaired) electrons. The fourth-order valence-corrected chi connectivity index (χ4v) is 1.41. The lowest BCUT2D eigenvalue weighted by atomic mass is 10.2. The number of H-pyrrole nitrogens is 1. The molecule has 1 aromatic rings. The Morgan fingerprint density at radius 2 is 1.88 bits per heavy atom. The second kappa shape index (κ2) is 3.65. The Kier molecular flexibility index (Phi) is 2.31. The van der Waals surface area contributed by atoms with Crippen molar-refractivity contribution in [3.8, 4) is 5.88 Å². The van der Waals surface area contributed by atoms with Gasteiger partial charge < -0.3 is 20.7 Å². The molecule has 1 fully saturated rings. The minimum Gasteiger partial charge on any atom is -0.493 e. The maximum atomic E-state index is 11.4. The fraction of sp³-hybridized carbons (Fsp3) is 0.250. The van der Waals surface area contributed by atoms with Crippen LogP contribution < -0.4 is 16.2 Å². The smallest absolute Gasteiger partial charge is 0.261 e. The summed E-state index contributed by atoms with van der Waals surface area (Å²) in [6, 6.07) is 0. The van der Waals surface area contributed by atoms with Gasteiger partial charge in [-0.25, -0.2) is 4.98 Å². The van der Waals surface area contributed by atoms with E-state index in [0.29, 0.717) is 0 Å². The minimum absolute atomic E-state index is 0.191. The Morgan fingerprint density at radius 3 is 2.44 bits per heavy atom. The molecule has 0 saturated carbocycles. The summed E-state index contributed by atoms with van der Waals surface area (Å²) in [4.78, 5) is 39.3. The number of aromatic nitrogens is 2. The van der Waals surface area contributed by atoms with Gasteiger partial charge in [-0.2, -0.15) is 0 Å². The lowest BCUT2D eigenvalue weighted by Crippen LogP contribution is -2.49. The average molecular weight is 224 g/mol. The molecule has 1 saturated heterocycles.